The zero-order chi connectivity index (χ0) is 17.4. The molecule has 134 valence electrons. The van der Waals surface area contributed by atoms with Gasteiger partial charge in [-0.3, -0.25) is 4.90 Å². The van der Waals surface area contributed by atoms with Crippen molar-refractivity contribution in [1.29, 1.82) is 0 Å². The van der Waals surface area contributed by atoms with Gasteiger partial charge in [0, 0.05) is 42.8 Å². The molecule has 2 aromatic heterocycles. The molecule has 0 N–H and O–H groups in total. The van der Waals surface area contributed by atoms with Gasteiger partial charge >= 0.3 is 0 Å². The quantitative estimate of drug-likeness (QED) is 0.819. The molecular weight excluding hydrogens is 330 g/mol. The van der Waals surface area contributed by atoms with Gasteiger partial charge in [0.25, 0.3) is 0 Å². The predicted octanol–water partition coefficient (Wildman–Crippen LogP) is 3.55. The van der Waals surface area contributed by atoms with Crippen LogP contribution in [0, 0.1) is 5.41 Å². The van der Waals surface area contributed by atoms with Crippen molar-refractivity contribution >= 4 is 17.2 Å². The van der Waals surface area contributed by atoms with Crippen molar-refractivity contribution in [2.24, 2.45) is 5.41 Å². The van der Waals surface area contributed by atoms with Crippen molar-refractivity contribution in [3.05, 3.63) is 34.7 Å². The van der Waals surface area contributed by atoms with Gasteiger partial charge in [0.2, 0.25) is 0 Å². The van der Waals surface area contributed by atoms with E-state index in [2.05, 4.69) is 52.1 Å². The van der Waals surface area contributed by atoms with E-state index in [1.807, 2.05) is 12.4 Å². The Labute approximate surface area is 154 Å². The summed E-state index contributed by atoms with van der Waals surface area (Å²) in [4.78, 5) is 18.5. The second-order valence-corrected chi connectivity index (χ2v) is 8.82. The van der Waals surface area contributed by atoms with Crippen LogP contribution < -0.4 is 4.90 Å². The second-order valence-electron chi connectivity index (χ2n) is 7.84. The Kier molecular flexibility index (Phi) is 4.50. The zero-order valence-electron chi connectivity index (χ0n) is 15.4. The highest BCUT2D eigenvalue weighted by Gasteiger charge is 2.56. The summed E-state index contributed by atoms with van der Waals surface area (Å²) >= 11 is 1.76. The van der Waals surface area contributed by atoms with Gasteiger partial charge in [-0.15, -0.1) is 11.3 Å². The lowest BCUT2D eigenvalue weighted by molar-refractivity contribution is 0.238. The molecule has 0 radical (unpaired) electrons. The monoisotopic (exact) mass is 357 g/mol. The summed E-state index contributed by atoms with van der Waals surface area (Å²) in [7, 11) is 2.26. The SMILES string of the molecule is CC(C)c1nccc(N2CCC3(CC2)C[C@@H]3N(C)Cc2nccs2)n1. The minimum absolute atomic E-state index is 0.378. The molecular formula is C19H27N5S. The predicted molar refractivity (Wildman–Crippen MR) is 102 cm³/mol. The van der Waals surface area contributed by atoms with E-state index < -0.39 is 0 Å². The van der Waals surface area contributed by atoms with E-state index in [0.717, 1.165) is 37.3 Å². The van der Waals surface area contributed by atoms with E-state index in [0.29, 0.717) is 11.3 Å². The lowest BCUT2D eigenvalue weighted by atomic mass is 9.92. The molecule has 0 bridgehead atoms. The summed E-state index contributed by atoms with van der Waals surface area (Å²) in [6, 6.07) is 2.78. The molecule has 1 aliphatic carbocycles. The summed E-state index contributed by atoms with van der Waals surface area (Å²) in [5.74, 6) is 2.43. The molecule has 0 aromatic carbocycles. The molecule has 1 spiro atoms. The number of aromatic nitrogens is 3. The van der Waals surface area contributed by atoms with E-state index in [1.165, 1.54) is 24.3 Å². The molecule has 0 amide bonds. The van der Waals surface area contributed by atoms with Gasteiger partial charge in [0.05, 0.1) is 6.54 Å². The summed E-state index contributed by atoms with van der Waals surface area (Å²) in [6.45, 7) is 7.50. The molecule has 1 saturated heterocycles. The fraction of sp³-hybridized carbons (Fsp3) is 0.632. The van der Waals surface area contributed by atoms with Crippen molar-refractivity contribution in [3.8, 4) is 0 Å². The zero-order valence-corrected chi connectivity index (χ0v) is 16.2. The topological polar surface area (TPSA) is 45.2 Å². The number of rotatable bonds is 5. The van der Waals surface area contributed by atoms with Gasteiger partial charge in [-0.25, -0.2) is 15.0 Å². The first-order valence-electron chi connectivity index (χ1n) is 9.24. The maximum absolute atomic E-state index is 4.77. The summed E-state index contributed by atoms with van der Waals surface area (Å²) in [6.07, 6.45) is 7.68. The molecule has 0 unspecified atom stereocenters. The Morgan fingerprint density at radius 2 is 2.08 bits per heavy atom. The molecule has 3 heterocycles. The van der Waals surface area contributed by atoms with E-state index in [1.54, 1.807) is 11.3 Å². The average molecular weight is 358 g/mol. The standard InChI is InChI=1S/C19H27N5S/c1-14(2)18-21-7-4-16(22-18)24-9-5-19(6-10-24)12-15(19)23(3)13-17-20-8-11-25-17/h4,7-8,11,14-15H,5-6,9-10,12-13H2,1-3H3/t15-/m0/s1. The van der Waals surface area contributed by atoms with Crippen molar-refractivity contribution in [2.45, 2.75) is 51.6 Å². The highest BCUT2D eigenvalue weighted by Crippen LogP contribution is 2.56. The van der Waals surface area contributed by atoms with Crippen molar-refractivity contribution in [1.82, 2.24) is 19.9 Å². The van der Waals surface area contributed by atoms with Crippen LogP contribution in [0.25, 0.3) is 0 Å². The Hall–Kier alpha value is -1.53. The van der Waals surface area contributed by atoms with Gasteiger partial charge in [0.15, 0.2) is 0 Å². The first-order valence-corrected chi connectivity index (χ1v) is 10.1. The van der Waals surface area contributed by atoms with Crippen LogP contribution in [-0.2, 0) is 6.54 Å². The third-order valence-electron chi connectivity index (χ3n) is 5.81. The van der Waals surface area contributed by atoms with Crippen LogP contribution in [0.1, 0.15) is 49.9 Å². The number of hydrogen-bond acceptors (Lipinski definition) is 6. The molecule has 1 aliphatic heterocycles. The van der Waals surface area contributed by atoms with E-state index in [-0.39, 0.29) is 0 Å². The van der Waals surface area contributed by atoms with Crippen LogP contribution >= 0.6 is 11.3 Å². The fourth-order valence-corrected chi connectivity index (χ4v) is 4.82. The Bertz CT molecular complexity index is 706. The maximum atomic E-state index is 4.77. The number of piperidine rings is 1. The maximum Gasteiger partial charge on any atom is 0.133 e. The van der Waals surface area contributed by atoms with Crippen LogP contribution in [0.5, 0.6) is 0 Å². The lowest BCUT2D eigenvalue weighted by Gasteiger charge is -2.35. The highest BCUT2D eigenvalue weighted by molar-refractivity contribution is 7.09. The first-order chi connectivity index (χ1) is 12.1. The van der Waals surface area contributed by atoms with Gasteiger partial charge in [0.1, 0.15) is 16.6 Å². The van der Waals surface area contributed by atoms with E-state index >= 15 is 0 Å². The molecule has 2 aliphatic rings. The van der Waals surface area contributed by atoms with Crippen molar-refractivity contribution in [3.63, 3.8) is 0 Å². The van der Waals surface area contributed by atoms with E-state index in [9.17, 15) is 0 Å². The molecule has 4 rings (SSSR count). The summed E-state index contributed by atoms with van der Waals surface area (Å²) in [5.41, 5.74) is 0.524. The Morgan fingerprint density at radius 1 is 1.28 bits per heavy atom. The van der Waals surface area contributed by atoms with Gasteiger partial charge in [-0.05, 0) is 37.8 Å². The Balaban J connectivity index is 1.35. The van der Waals surface area contributed by atoms with Crippen molar-refractivity contribution in [2.75, 3.05) is 25.0 Å². The van der Waals surface area contributed by atoms with Crippen LogP contribution in [-0.4, -0.2) is 46.0 Å². The lowest BCUT2D eigenvalue weighted by Crippen LogP contribution is -2.38. The number of thiazole rings is 1. The van der Waals surface area contributed by atoms with Crippen LogP contribution in [0.15, 0.2) is 23.8 Å². The van der Waals surface area contributed by atoms with Crippen molar-refractivity contribution < 1.29 is 0 Å². The van der Waals surface area contributed by atoms with E-state index in [4.69, 9.17) is 4.98 Å². The van der Waals surface area contributed by atoms with Crippen LogP contribution in [0.2, 0.25) is 0 Å². The normalized spacial score (nSPS) is 22.1. The minimum atomic E-state index is 0.378. The van der Waals surface area contributed by atoms with Gasteiger partial charge in [-0.1, -0.05) is 13.8 Å². The second kappa shape index (κ2) is 6.65. The third kappa shape index (κ3) is 3.42. The molecule has 6 heteroatoms. The molecule has 2 fully saturated rings. The highest BCUT2D eigenvalue weighted by atomic mass is 32.1. The summed E-state index contributed by atoms with van der Waals surface area (Å²) < 4.78 is 0. The number of hydrogen-bond donors (Lipinski definition) is 0. The largest absolute Gasteiger partial charge is 0.356 e. The smallest absolute Gasteiger partial charge is 0.133 e. The van der Waals surface area contributed by atoms with Crippen LogP contribution in [0.3, 0.4) is 0 Å². The molecule has 1 atom stereocenters. The molecule has 25 heavy (non-hydrogen) atoms. The number of anilines is 1. The van der Waals surface area contributed by atoms with Gasteiger partial charge in [-0.2, -0.15) is 0 Å². The summed E-state index contributed by atoms with van der Waals surface area (Å²) in [5, 5.41) is 3.29. The molecule has 2 aromatic rings. The average Bonchev–Trinajstić information content (AvgIpc) is 3.07. The fourth-order valence-electron chi connectivity index (χ4n) is 4.14. The molecule has 1 saturated carbocycles. The number of nitrogens with zero attached hydrogens (tertiary/aromatic N) is 5. The molecule has 5 nitrogen and oxygen atoms in total. The third-order valence-corrected chi connectivity index (χ3v) is 6.57. The Morgan fingerprint density at radius 3 is 2.76 bits per heavy atom. The van der Waals surface area contributed by atoms with Gasteiger partial charge < -0.3 is 4.90 Å². The first kappa shape index (κ1) is 16.9. The minimum Gasteiger partial charge on any atom is -0.356 e. The van der Waals surface area contributed by atoms with Crippen LogP contribution in [0.4, 0.5) is 5.82 Å².